The fraction of sp³-hybridized carbons (Fsp3) is 0.950. The highest BCUT2D eigenvalue weighted by Gasteiger charge is 2.27. The van der Waals surface area contributed by atoms with Crippen LogP contribution in [0.2, 0.25) is 0 Å². The van der Waals surface area contributed by atoms with Gasteiger partial charge in [-0.15, -0.1) is 0 Å². The predicted octanol–water partition coefficient (Wildman–Crippen LogP) is 1.01. The van der Waals surface area contributed by atoms with Crippen LogP contribution >= 0.6 is 0 Å². The Bertz CT molecular complexity index is 425. The highest BCUT2D eigenvalue weighted by molar-refractivity contribution is 5.79. The minimum absolute atomic E-state index is 0.224. The van der Waals surface area contributed by atoms with Gasteiger partial charge in [0, 0.05) is 45.3 Å². The van der Waals surface area contributed by atoms with Crippen molar-refractivity contribution < 1.29 is 9.47 Å². The summed E-state index contributed by atoms with van der Waals surface area (Å²) in [5.74, 6) is 1.57. The average Bonchev–Trinajstić information content (AvgIpc) is 2.70. The van der Waals surface area contributed by atoms with Crippen molar-refractivity contribution >= 4 is 5.96 Å². The summed E-state index contributed by atoms with van der Waals surface area (Å²) < 4.78 is 11.4. The largest absolute Gasteiger partial charge is 0.379 e. The molecule has 27 heavy (non-hydrogen) atoms. The zero-order valence-electron chi connectivity index (χ0n) is 17.9. The van der Waals surface area contributed by atoms with Crippen LogP contribution < -0.4 is 10.6 Å². The van der Waals surface area contributed by atoms with Crippen molar-refractivity contribution in [3.05, 3.63) is 0 Å². The molecule has 0 amide bonds. The Hall–Kier alpha value is -0.890. The van der Waals surface area contributed by atoms with Crippen molar-refractivity contribution in [3.8, 4) is 0 Å². The second-order valence-electron chi connectivity index (χ2n) is 7.65. The Morgan fingerprint density at radius 2 is 1.81 bits per heavy atom. The Labute approximate surface area is 165 Å². The lowest BCUT2D eigenvalue weighted by molar-refractivity contribution is -0.0161. The molecular formula is C20H41N5O2. The SMILES string of the molecule is CCNC(=NCC(C(CC)CC)N1CCOCC1)NCC1CN(C)CCO1. The standard InChI is InChI=1S/C20H41N5O2/c1-5-17(6-2)19(25-9-11-26-12-10-25)15-23-20(21-7-3)22-14-18-16-24(4)8-13-27-18/h17-19H,5-16H2,1-4H3,(H2,21,22,23). The number of morpholine rings is 2. The van der Waals surface area contributed by atoms with Crippen LogP contribution in [0.1, 0.15) is 33.6 Å². The Morgan fingerprint density at radius 3 is 2.44 bits per heavy atom. The van der Waals surface area contributed by atoms with Crippen LogP contribution in [0.4, 0.5) is 0 Å². The van der Waals surface area contributed by atoms with E-state index in [1.807, 2.05) is 0 Å². The molecule has 0 aromatic carbocycles. The highest BCUT2D eigenvalue weighted by Crippen LogP contribution is 2.20. The zero-order valence-corrected chi connectivity index (χ0v) is 17.9. The van der Waals surface area contributed by atoms with E-state index in [2.05, 4.69) is 48.3 Å². The van der Waals surface area contributed by atoms with Crippen molar-refractivity contribution in [1.29, 1.82) is 0 Å². The number of nitrogens with one attached hydrogen (secondary N) is 2. The number of guanidine groups is 1. The van der Waals surface area contributed by atoms with E-state index < -0.39 is 0 Å². The van der Waals surface area contributed by atoms with E-state index in [1.54, 1.807) is 0 Å². The predicted molar refractivity (Wildman–Crippen MR) is 111 cm³/mol. The van der Waals surface area contributed by atoms with Gasteiger partial charge in [0.2, 0.25) is 0 Å². The average molecular weight is 384 g/mol. The molecule has 0 saturated carbocycles. The Kier molecular flexibility index (Phi) is 10.4. The molecule has 0 bridgehead atoms. The maximum atomic E-state index is 5.86. The van der Waals surface area contributed by atoms with E-state index >= 15 is 0 Å². The molecule has 158 valence electrons. The zero-order chi connectivity index (χ0) is 19.5. The normalized spacial score (nSPS) is 24.2. The monoisotopic (exact) mass is 383 g/mol. The number of nitrogens with zero attached hydrogens (tertiary/aromatic N) is 3. The maximum absolute atomic E-state index is 5.86. The van der Waals surface area contributed by atoms with Crippen molar-refractivity contribution in [2.75, 3.05) is 72.7 Å². The second-order valence-corrected chi connectivity index (χ2v) is 7.65. The van der Waals surface area contributed by atoms with Crippen LogP contribution in [0.25, 0.3) is 0 Å². The molecular weight excluding hydrogens is 342 g/mol. The van der Waals surface area contributed by atoms with Crippen LogP contribution in [0.15, 0.2) is 4.99 Å². The van der Waals surface area contributed by atoms with E-state index in [9.17, 15) is 0 Å². The smallest absolute Gasteiger partial charge is 0.191 e. The van der Waals surface area contributed by atoms with Crippen LogP contribution in [0, 0.1) is 5.92 Å². The molecule has 0 radical (unpaired) electrons. The lowest BCUT2D eigenvalue weighted by Crippen LogP contribution is -2.50. The fourth-order valence-corrected chi connectivity index (χ4v) is 4.03. The van der Waals surface area contributed by atoms with Crippen molar-refractivity contribution in [1.82, 2.24) is 20.4 Å². The van der Waals surface area contributed by atoms with Crippen molar-refractivity contribution in [2.24, 2.45) is 10.9 Å². The lowest BCUT2D eigenvalue weighted by atomic mass is 9.92. The van der Waals surface area contributed by atoms with Gasteiger partial charge in [0.1, 0.15) is 0 Å². The Balaban J connectivity index is 1.95. The van der Waals surface area contributed by atoms with E-state index in [1.165, 1.54) is 12.8 Å². The maximum Gasteiger partial charge on any atom is 0.191 e. The van der Waals surface area contributed by atoms with Gasteiger partial charge in [0.05, 0.1) is 32.5 Å². The van der Waals surface area contributed by atoms with Gasteiger partial charge in [-0.2, -0.15) is 0 Å². The first-order valence-electron chi connectivity index (χ1n) is 10.8. The molecule has 2 fully saturated rings. The molecule has 7 heteroatoms. The summed E-state index contributed by atoms with van der Waals surface area (Å²) >= 11 is 0. The fourth-order valence-electron chi connectivity index (χ4n) is 4.03. The minimum Gasteiger partial charge on any atom is -0.379 e. The van der Waals surface area contributed by atoms with Gasteiger partial charge in [-0.1, -0.05) is 26.7 Å². The number of hydrogen-bond donors (Lipinski definition) is 2. The van der Waals surface area contributed by atoms with E-state index in [0.29, 0.717) is 12.0 Å². The highest BCUT2D eigenvalue weighted by atomic mass is 16.5. The van der Waals surface area contributed by atoms with Gasteiger partial charge in [-0.3, -0.25) is 9.89 Å². The molecule has 2 aliphatic rings. The molecule has 2 rings (SSSR count). The van der Waals surface area contributed by atoms with E-state index in [-0.39, 0.29) is 6.10 Å². The summed E-state index contributed by atoms with van der Waals surface area (Å²) in [7, 11) is 2.15. The quantitative estimate of drug-likeness (QED) is 0.458. The summed E-state index contributed by atoms with van der Waals surface area (Å²) in [4.78, 5) is 9.85. The molecule has 2 atom stereocenters. The van der Waals surface area contributed by atoms with E-state index in [4.69, 9.17) is 14.5 Å². The number of rotatable bonds is 9. The number of hydrogen-bond acceptors (Lipinski definition) is 5. The molecule has 0 aromatic rings. The van der Waals surface area contributed by atoms with Gasteiger partial charge >= 0.3 is 0 Å². The molecule has 2 N–H and O–H groups in total. The molecule has 2 heterocycles. The third-order valence-electron chi connectivity index (χ3n) is 5.73. The van der Waals surface area contributed by atoms with E-state index in [0.717, 1.165) is 71.6 Å². The molecule has 0 aliphatic carbocycles. The van der Waals surface area contributed by atoms with Crippen LogP contribution in [-0.4, -0.2) is 101 Å². The van der Waals surface area contributed by atoms with Crippen molar-refractivity contribution in [2.45, 2.75) is 45.8 Å². The van der Waals surface area contributed by atoms with Gasteiger partial charge in [-0.05, 0) is 19.9 Å². The minimum atomic E-state index is 0.224. The van der Waals surface area contributed by atoms with Gasteiger partial charge in [-0.25, -0.2) is 0 Å². The third kappa shape index (κ3) is 7.56. The molecule has 0 spiro atoms. The molecule has 2 aliphatic heterocycles. The topological polar surface area (TPSA) is 61.4 Å². The first-order valence-corrected chi connectivity index (χ1v) is 10.8. The number of likely N-dealkylation sites (N-methyl/N-ethyl adjacent to an activating group) is 1. The summed E-state index contributed by atoms with van der Waals surface area (Å²) in [6.45, 7) is 15.7. The van der Waals surface area contributed by atoms with Crippen molar-refractivity contribution in [3.63, 3.8) is 0 Å². The third-order valence-corrected chi connectivity index (χ3v) is 5.73. The molecule has 0 aromatic heterocycles. The summed E-state index contributed by atoms with van der Waals surface area (Å²) in [5.41, 5.74) is 0. The van der Waals surface area contributed by atoms with Gasteiger partial charge in [0.25, 0.3) is 0 Å². The second kappa shape index (κ2) is 12.5. The van der Waals surface area contributed by atoms with Gasteiger partial charge < -0.3 is 25.0 Å². The van der Waals surface area contributed by atoms with Gasteiger partial charge in [0.15, 0.2) is 5.96 Å². The van der Waals surface area contributed by atoms with Crippen LogP contribution in [0.3, 0.4) is 0 Å². The first-order chi connectivity index (χ1) is 13.2. The van der Waals surface area contributed by atoms with Crippen LogP contribution in [0.5, 0.6) is 0 Å². The van der Waals surface area contributed by atoms with Crippen LogP contribution in [-0.2, 0) is 9.47 Å². The summed E-state index contributed by atoms with van der Waals surface area (Å²) in [6, 6.07) is 0.483. The Morgan fingerprint density at radius 1 is 1.07 bits per heavy atom. The lowest BCUT2D eigenvalue weighted by Gasteiger charge is -2.38. The molecule has 2 saturated heterocycles. The molecule has 2 unspecified atom stereocenters. The number of ether oxygens (including phenoxy) is 2. The number of aliphatic imine (C=N–C) groups is 1. The summed E-state index contributed by atoms with van der Waals surface area (Å²) in [5, 5.41) is 6.88. The summed E-state index contributed by atoms with van der Waals surface area (Å²) in [6.07, 6.45) is 2.61. The molecule has 7 nitrogen and oxygen atoms in total. The first kappa shape index (κ1) is 22.4.